The first kappa shape index (κ1) is 23.0. The molecule has 0 aliphatic carbocycles. The van der Waals surface area contributed by atoms with Crippen LogP contribution in [-0.2, 0) is 0 Å². The third-order valence-electron chi connectivity index (χ3n) is 8.16. The topological polar surface area (TPSA) is 52.0 Å². The summed E-state index contributed by atoms with van der Waals surface area (Å²) in [7, 11) is 0. The summed E-state index contributed by atoms with van der Waals surface area (Å²) >= 11 is 0. The Morgan fingerprint density at radius 3 is 1.22 bits per heavy atom. The molecule has 2 aromatic heterocycles. The fourth-order valence-corrected chi connectivity index (χ4v) is 6.53. The zero-order valence-electron chi connectivity index (χ0n) is 22.0. The van der Waals surface area contributed by atoms with Gasteiger partial charge in [0.25, 0.3) is 0 Å². The highest BCUT2D eigenvalue weighted by molar-refractivity contribution is 6.33. The van der Waals surface area contributed by atoms with E-state index in [0.29, 0.717) is 11.1 Å². The third-order valence-corrected chi connectivity index (χ3v) is 8.16. The van der Waals surface area contributed by atoms with Gasteiger partial charge in [-0.2, -0.15) is 10.5 Å². The van der Waals surface area contributed by atoms with Crippen LogP contribution in [0.25, 0.3) is 71.5 Å². The zero-order valence-corrected chi connectivity index (χ0v) is 22.0. The number of aromatic nitrogens is 1. The number of fused-ring (bicyclic) bond motifs is 6. The van der Waals surface area contributed by atoms with Crippen molar-refractivity contribution < 1.29 is 0 Å². The van der Waals surface area contributed by atoms with E-state index in [1.807, 2.05) is 24.3 Å². The largest absolute Gasteiger partial charge is 0.308 e. The first-order valence-corrected chi connectivity index (χ1v) is 13.6. The molecule has 8 aromatic rings. The average molecular weight is 520 g/mol. The van der Waals surface area contributed by atoms with Crippen molar-refractivity contribution in [2.24, 2.45) is 0 Å². The molecule has 188 valence electrons. The Hall–Kier alpha value is -5.90. The lowest BCUT2D eigenvalue weighted by Gasteiger charge is -2.20. The van der Waals surface area contributed by atoms with E-state index in [4.69, 9.17) is 0 Å². The van der Waals surface area contributed by atoms with Gasteiger partial charge in [0.05, 0.1) is 39.8 Å². The lowest BCUT2D eigenvalue weighted by Crippen LogP contribution is -1.93. The number of rotatable bonds is 3. The van der Waals surface area contributed by atoms with Crippen molar-refractivity contribution in [1.82, 2.24) is 4.40 Å². The maximum absolute atomic E-state index is 9.84. The van der Waals surface area contributed by atoms with E-state index in [-0.39, 0.29) is 0 Å². The number of hydrogen-bond donors (Lipinski definition) is 0. The highest BCUT2D eigenvalue weighted by Gasteiger charge is 2.28. The van der Waals surface area contributed by atoms with Crippen LogP contribution < -0.4 is 0 Å². The van der Waals surface area contributed by atoms with Gasteiger partial charge in [-0.15, -0.1) is 0 Å². The van der Waals surface area contributed by atoms with Gasteiger partial charge < -0.3 is 4.40 Å². The third kappa shape index (κ3) is 3.24. The van der Waals surface area contributed by atoms with Crippen LogP contribution in [0.2, 0.25) is 0 Å². The maximum atomic E-state index is 9.84. The molecule has 0 saturated heterocycles. The van der Waals surface area contributed by atoms with Crippen molar-refractivity contribution in [3.8, 4) is 45.5 Å². The molecule has 8 rings (SSSR count). The van der Waals surface area contributed by atoms with Crippen LogP contribution >= 0.6 is 0 Å². The monoisotopic (exact) mass is 519 g/mol. The Morgan fingerprint density at radius 2 is 0.829 bits per heavy atom. The SMILES string of the molecule is N#Cc1ccc2c3c(-c4ccccc4)c(-c4ccccc4)c(-c4ccccc4)c4c5ccc(C#N)cc5n(c2c1)c34. The van der Waals surface area contributed by atoms with Gasteiger partial charge in [-0.3, -0.25) is 0 Å². The summed E-state index contributed by atoms with van der Waals surface area (Å²) < 4.78 is 2.27. The van der Waals surface area contributed by atoms with Crippen LogP contribution in [0.4, 0.5) is 0 Å². The molecule has 0 saturated carbocycles. The molecular weight excluding hydrogens is 498 g/mol. The summed E-state index contributed by atoms with van der Waals surface area (Å²) in [5.41, 5.74) is 11.2. The number of nitrogens with zero attached hydrogens (tertiary/aromatic N) is 3. The summed E-state index contributed by atoms with van der Waals surface area (Å²) in [4.78, 5) is 0. The molecule has 0 amide bonds. The van der Waals surface area contributed by atoms with Gasteiger partial charge in [0.2, 0.25) is 0 Å². The fourth-order valence-electron chi connectivity index (χ4n) is 6.53. The van der Waals surface area contributed by atoms with Crippen molar-refractivity contribution in [2.75, 3.05) is 0 Å². The second kappa shape index (κ2) is 8.82. The van der Waals surface area contributed by atoms with E-state index in [1.54, 1.807) is 0 Å². The van der Waals surface area contributed by atoms with Crippen LogP contribution in [-0.4, -0.2) is 4.40 Å². The van der Waals surface area contributed by atoms with Gasteiger partial charge in [-0.05, 0) is 46.5 Å². The Balaban J connectivity index is 1.77. The van der Waals surface area contributed by atoms with Gasteiger partial charge >= 0.3 is 0 Å². The summed E-state index contributed by atoms with van der Waals surface area (Å²) in [6.45, 7) is 0. The zero-order chi connectivity index (χ0) is 27.5. The van der Waals surface area contributed by atoms with Crippen LogP contribution in [0.3, 0.4) is 0 Å². The van der Waals surface area contributed by atoms with Crippen molar-refractivity contribution in [1.29, 1.82) is 10.5 Å². The minimum absolute atomic E-state index is 0.607. The van der Waals surface area contributed by atoms with E-state index < -0.39 is 0 Å². The lowest BCUT2D eigenvalue weighted by molar-refractivity contribution is 1.36. The molecule has 0 atom stereocenters. The minimum atomic E-state index is 0.607. The molecule has 0 aliphatic heterocycles. The second-order valence-corrected chi connectivity index (χ2v) is 10.3. The first-order valence-electron chi connectivity index (χ1n) is 13.6. The van der Waals surface area contributed by atoms with Crippen molar-refractivity contribution in [3.05, 3.63) is 139 Å². The molecule has 3 heteroatoms. The van der Waals surface area contributed by atoms with Crippen molar-refractivity contribution in [2.45, 2.75) is 0 Å². The molecule has 41 heavy (non-hydrogen) atoms. The summed E-state index contributed by atoms with van der Waals surface area (Å²) in [5.74, 6) is 0. The highest BCUT2D eigenvalue weighted by Crippen LogP contribution is 2.53. The molecule has 6 aromatic carbocycles. The van der Waals surface area contributed by atoms with Gasteiger partial charge in [0.15, 0.2) is 0 Å². The lowest BCUT2D eigenvalue weighted by atomic mass is 9.82. The molecule has 2 heterocycles. The molecule has 0 bridgehead atoms. The molecule has 0 aliphatic rings. The van der Waals surface area contributed by atoms with Gasteiger partial charge in [-0.1, -0.05) is 103 Å². The van der Waals surface area contributed by atoms with Crippen LogP contribution in [0.5, 0.6) is 0 Å². The number of hydrogen-bond acceptors (Lipinski definition) is 2. The smallest absolute Gasteiger partial charge is 0.0992 e. The van der Waals surface area contributed by atoms with E-state index >= 15 is 0 Å². The molecule has 0 unspecified atom stereocenters. The molecular formula is C38H21N3. The number of nitriles is 2. The van der Waals surface area contributed by atoms with E-state index in [1.165, 1.54) is 5.56 Å². The summed E-state index contributed by atoms with van der Waals surface area (Å²) in [6, 6.07) is 48.4. The molecule has 0 fully saturated rings. The first-order chi connectivity index (χ1) is 20.3. The minimum Gasteiger partial charge on any atom is -0.308 e. The molecule has 0 spiro atoms. The molecule has 0 N–H and O–H groups in total. The Bertz CT molecular complexity index is 2210. The Morgan fingerprint density at radius 1 is 0.439 bits per heavy atom. The summed E-state index contributed by atoms with van der Waals surface area (Å²) in [6.07, 6.45) is 0. The van der Waals surface area contributed by atoms with E-state index in [2.05, 4.69) is 120 Å². The number of benzene rings is 6. The summed E-state index contributed by atoms with van der Waals surface area (Å²) in [5, 5.41) is 24.2. The molecule has 3 nitrogen and oxygen atoms in total. The van der Waals surface area contributed by atoms with Crippen LogP contribution in [0, 0.1) is 22.7 Å². The van der Waals surface area contributed by atoms with E-state index in [9.17, 15) is 10.5 Å². The normalized spacial score (nSPS) is 11.4. The van der Waals surface area contributed by atoms with Gasteiger partial charge in [0, 0.05) is 32.7 Å². The van der Waals surface area contributed by atoms with Crippen LogP contribution in [0.1, 0.15) is 11.1 Å². The standard InChI is InChI=1S/C38H21N3/c39-22-24-16-18-29-31(20-24)41-32-21-25(23-40)17-19-30(32)37-35(28-14-8-3-9-15-28)33(26-10-4-1-5-11-26)34(36(29)38(37)41)27-12-6-2-7-13-27/h1-21H. The Kier molecular flexibility index (Phi) is 4.95. The average Bonchev–Trinajstić information content (AvgIpc) is 3.56. The predicted octanol–water partition coefficient (Wildman–Crippen LogP) is 9.58. The fraction of sp³-hybridized carbons (Fsp3) is 0. The second-order valence-electron chi connectivity index (χ2n) is 10.3. The van der Waals surface area contributed by atoms with Crippen LogP contribution in [0.15, 0.2) is 127 Å². The predicted molar refractivity (Wildman–Crippen MR) is 167 cm³/mol. The maximum Gasteiger partial charge on any atom is 0.0992 e. The van der Waals surface area contributed by atoms with Gasteiger partial charge in [-0.25, -0.2) is 0 Å². The molecule has 0 radical (unpaired) electrons. The Labute approximate surface area is 236 Å². The quantitative estimate of drug-likeness (QED) is 0.233. The van der Waals surface area contributed by atoms with Crippen molar-refractivity contribution in [3.63, 3.8) is 0 Å². The highest BCUT2D eigenvalue weighted by atomic mass is 14.9. The van der Waals surface area contributed by atoms with E-state index in [0.717, 1.165) is 65.9 Å². The van der Waals surface area contributed by atoms with Gasteiger partial charge in [0.1, 0.15) is 0 Å². The van der Waals surface area contributed by atoms with Crippen molar-refractivity contribution >= 4 is 38.1 Å².